The number of carbonyl (C=O) groups is 1. The Hall–Kier alpha value is -2.38. The maximum Gasteiger partial charge on any atom is 0.254 e. The minimum absolute atomic E-state index is 0.182. The van der Waals surface area contributed by atoms with E-state index in [9.17, 15) is 13.6 Å². The molecule has 0 spiro atoms. The van der Waals surface area contributed by atoms with Crippen molar-refractivity contribution in [2.24, 2.45) is 0 Å². The number of hydrogen-bond acceptors (Lipinski definition) is 5. The molecule has 2 heterocycles. The smallest absolute Gasteiger partial charge is 0.254 e. The average Bonchev–Trinajstić information content (AvgIpc) is 2.78. The van der Waals surface area contributed by atoms with E-state index in [-0.39, 0.29) is 6.54 Å². The molecule has 2 aromatic rings. The zero-order valence-corrected chi connectivity index (χ0v) is 9.98. The first-order valence-corrected chi connectivity index (χ1v) is 5.45. The van der Waals surface area contributed by atoms with Crippen molar-refractivity contribution in [3.8, 4) is 0 Å². The highest BCUT2D eigenvalue weighted by atomic mass is 19.2. The lowest BCUT2D eigenvalue weighted by molar-refractivity contribution is 0.0948. The second kappa shape index (κ2) is 5.51. The Bertz CT molecular complexity index is 600. The van der Waals surface area contributed by atoms with Crippen LogP contribution in [0.4, 0.5) is 8.78 Å². The number of halogens is 2. The van der Waals surface area contributed by atoms with Crippen molar-refractivity contribution in [3.05, 3.63) is 41.3 Å². The van der Waals surface area contributed by atoms with Crippen LogP contribution in [-0.2, 0) is 6.42 Å². The Morgan fingerprint density at radius 3 is 2.95 bits per heavy atom. The monoisotopic (exact) mass is 268 g/mol. The van der Waals surface area contributed by atoms with E-state index < -0.39 is 23.2 Å². The summed E-state index contributed by atoms with van der Waals surface area (Å²) in [5, 5.41) is 6.07. The molecule has 100 valence electrons. The predicted molar refractivity (Wildman–Crippen MR) is 59.2 cm³/mol. The largest absolute Gasteiger partial charge is 0.351 e. The fraction of sp³-hybridized carbons (Fsp3) is 0.273. The van der Waals surface area contributed by atoms with Gasteiger partial charge in [0.25, 0.3) is 5.91 Å². The molecule has 0 aliphatic heterocycles. The van der Waals surface area contributed by atoms with Gasteiger partial charge in [-0.3, -0.25) is 4.79 Å². The van der Waals surface area contributed by atoms with Gasteiger partial charge in [-0.2, -0.15) is 9.37 Å². The van der Waals surface area contributed by atoms with Crippen molar-refractivity contribution in [2.75, 3.05) is 6.54 Å². The summed E-state index contributed by atoms with van der Waals surface area (Å²) in [5.74, 6) is -2.45. The Morgan fingerprint density at radius 1 is 1.47 bits per heavy atom. The van der Waals surface area contributed by atoms with E-state index in [0.717, 1.165) is 12.3 Å². The van der Waals surface area contributed by atoms with Crippen molar-refractivity contribution in [2.45, 2.75) is 13.3 Å². The zero-order valence-electron chi connectivity index (χ0n) is 9.98. The van der Waals surface area contributed by atoms with Gasteiger partial charge >= 0.3 is 0 Å². The first-order valence-electron chi connectivity index (χ1n) is 5.45. The molecule has 0 saturated heterocycles. The number of amides is 1. The first kappa shape index (κ1) is 13.1. The molecular weight excluding hydrogens is 258 g/mol. The van der Waals surface area contributed by atoms with E-state index in [1.165, 1.54) is 0 Å². The van der Waals surface area contributed by atoms with Gasteiger partial charge in [0.1, 0.15) is 0 Å². The van der Waals surface area contributed by atoms with Gasteiger partial charge < -0.3 is 9.84 Å². The van der Waals surface area contributed by atoms with Gasteiger partial charge in [-0.25, -0.2) is 9.37 Å². The fourth-order valence-corrected chi connectivity index (χ4v) is 1.42. The number of aromatic nitrogens is 3. The van der Waals surface area contributed by atoms with Crippen LogP contribution >= 0.6 is 0 Å². The van der Waals surface area contributed by atoms with Crippen molar-refractivity contribution in [1.29, 1.82) is 0 Å². The number of nitrogens with one attached hydrogen (secondary N) is 1. The third-order valence-electron chi connectivity index (χ3n) is 2.30. The number of aryl methyl sites for hydroxylation is 1. The molecule has 2 aromatic heterocycles. The lowest BCUT2D eigenvalue weighted by atomic mass is 10.2. The molecule has 1 N–H and O–H groups in total. The van der Waals surface area contributed by atoms with Crippen LogP contribution < -0.4 is 5.32 Å². The maximum atomic E-state index is 13.3. The van der Waals surface area contributed by atoms with Gasteiger partial charge in [0.05, 0.1) is 5.56 Å². The van der Waals surface area contributed by atoms with Gasteiger partial charge in [-0.05, 0) is 6.07 Å². The van der Waals surface area contributed by atoms with E-state index >= 15 is 0 Å². The Labute approximate surface area is 106 Å². The van der Waals surface area contributed by atoms with Crippen molar-refractivity contribution >= 4 is 5.91 Å². The Kier molecular flexibility index (Phi) is 3.79. The van der Waals surface area contributed by atoms with Crippen molar-refractivity contribution in [1.82, 2.24) is 20.4 Å². The zero-order chi connectivity index (χ0) is 13.8. The van der Waals surface area contributed by atoms with Crippen LogP contribution in [0.15, 0.2) is 16.8 Å². The van der Waals surface area contributed by atoms with Crippen LogP contribution in [-0.4, -0.2) is 27.6 Å². The highest BCUT2D eigenvalue weighted by molar-refractivity contribution is 5.94. The highest BCUT2D eigenvalue weighted by Crippen LogP contribution is 2.08. The summed E-state index contributed by atoms with van der Waals surface area (Å²) < 4.78 is 30.8. The van der Waals surface area contributed by atoms with E-state index in [1.807, 2.05) is 0 Å². The van der Waals surface area contributed by atoms with Crippen LogP contribution in [0.1, 0.15) is 22.1 Å². The SMILES string of the molecule is Cc1nc(CCNC(=O)c2ccnc(F)c2F)no1. The van der Waals surface area contributed by atoms with Crippen LogP contribution in [0.5, 0.6) is 0 Å². The van der Waals surface area contributed by atoms with E-state index in [2.05, 4.69) is 20.4 Å². The molecule has 0 aliphatic carbocycles. The molecule has 6 nitrogen and oxygen atoms in total. The topological polar surface area (TPSA) is 80.9 Å². The van der Waals surface area contributed by atoms with Crippen LogP contribution in [0, 0.1) is 18.7 Å². The van der Waals surface area contributed by atoms with Gasteiger partial charge in [0.15, 0.2) is 11.6 Å². The summed E-state index contributed by atoms with van der Waals surface area (Å²) in [4.78, 5) is 18.6. The Balaban J connectivity index is 1.93. The predicted octanol–water partition coefficient (Wildman–Crippen LogP) is 1.02. The minimum Gasteiger partial charge on any atom is -0.351 e. The third kappa shape index (κ3) is 3.09. The molecule has 19 heavy (non-hydrogen) atoms. The molecule has 0 fully saturated rings. The molecule has 0 unspecified atom stereocenters. The molecule has 0 aliphatic rings. The number of carbonyl (C=O) groups excluding carboxylic acids is 1. The molecule has 1 amide bonds. The van der Waals surface area contributed by atoms with Gasteiger partial charge in [-0.1, -0.05) is 5.16 Å². The third-order valence-corrected chi connectivity index (χ3v) is 2.30. The number of pyridine rings is 1. The number of hydrogen-bond donors (Lipinski definition) is 1. The van der Waals surface area contributed by atoms with Crippen LogP contribution in [0.25, 0.3) is 0 Å². The van der Waals surface area contributed by atoms with Crippen molar-refractivity contribution in [3.63, 3.8) is 0 Å². The molecule has 0 saturated carbocycles. The molecule has 8 heteroatoms. The summed E-state index contributed by atoms with van der Waals surface area (Å²) in [5.41, 5.74) is -0.392. The molecular formula is C11H10F2N4O2. The van der Waals surface area contributed by atoms with Crippen LogP contribution in [0.2, 0.25) is 0 Å². The second-order valence-corrected chi connectivity index (χ2v) is 3.70. The van der Waals surface area contributed by atoms with Gasteiger partial charge in [0.2, 0.25) is 11.8 Å². The summed E-state index contributed by atoms with van der Waals surface area (Å²) >= 11 is 0. The second-order valence-electron chi connectivity index (χ2n) is 3.70. The molecule has 0 radical (unpaired) electrons. The maximum absolute atomic E-state index is 13.3. The van der Waals surface area contributed by atoms with Crippen molar-refractivity contribution < 1.29 is 18.1 Å². The van der Waals surface area contributed by atoms with Gasteiger partial charge in [-0.15, -0.1) is 0 Å². The summed E-state index contributed by atoms with van der Waals surface area (Å²) in [6.45, 7) is 1.82. The van der Waals surface area contributed by atoms with Crippen LogP contribution in [0.3, 0.4) is 0 Å². The quantitative estimate of drug-likeness (QED) is 0.837. The number of rotatable bonds is 4. The summed E-state index contributed by atoms with van der Waals surface area (Å²) in [6, 6.07) is 1.10. The minimum atomic E-state index is -1.30. The van der Waals surface area contributed by atoms with E-state index in [0.29, 0.717) is 18.1 Å². The van der Waals surface area contributed by atoms with E-state index in [4.69, 9.17) is 4.52 Å². The normalized spacial score (nSPS) is 10.5. The molecule has 0 aromatic carbocycles. The van der Waals surface area contributed by atoms with Gasteiger partial charge in [0, 0.05) is 26.1 Å². The molecule has 0 atom stereocenters. The lowest BCUT2D eigenvalue weighted by Crippen LogP contribution is -2.27. The first-order chi connectivity index (χ1) is 9.08. The average molecular weight is 268 g/mol. The standard InChI is InChI=1S/C11H10F2N4O2/c1-6-16-8(17-19-6)3-5-15-11(18)7-2-4-14-10(13)9(7)12/h2,4H,3,5H2,1H3,(H,15,18). The highest BCUT2D eigenvalue weighted by Gasteiger charge is 2.15. The summed E-state index contributed by atoms with van der Waals surface area (Å²) in [7, 11) is 0. The molecule has 2 rings (SSSR count). The fourth-order valence-electron chi connectivity index (χ4n) is 1.42. The number of nitrogens with zero attached hydrogens (tertiary/aromatic N) is 3. The van der Waals surface area contributed by atoms with E-state index in [1.54, 1.807) is 6.92 Å². The lowest BCUT2D eigenvalue weighted by Gasteiger charge is -2.04. The Morgan fingerprint density at radius 2 is 2.26 bits per heavy atom. The molecule has 0 bridgehead atoms. The summed E-state index contributed by atoms with van der Waals surface area (Å²) in [6.07, 6.45) is 1.36.